The molecule has 0 aliphatic heterocycles. The number of aromatic nitrogens is 3. The largest absolute Gasteiger partial charge is 0.461 e. The lowest BCUT2D eigenvalue weighted by atomic mass is 10.4. The first-order chi connectivity index (χ1) is 7.63. The lowest BCUT2D eigenvalue weighted by Crippen LogP contribution is -2.08. The van der Waals surface area contributed by atoms with Crippen LogP contribution in [-0.2, 0) is 4.74 Å². The number of halogens is 2. The molecule has 2 aromatic heterocycles. The molecule has 0 saturated carbocycles. The lowest BCUT2D eigenvalue weighted by molar-refractivity contribution is 0.0519. The van der Waals surface area contributed by atoms with Crippen molar-refractivity contribution in [1.29, 1.82) is 0 Å². The van der Waals surface area contributed by atoms with Gasteiger partial charge in [-0.3, -0.25) is 0 Å². The zero-order valence-corrected chi connectivity index (χ0v) is 10.6. The maximum Gasteiger partial charge on any atom is 0.357 e. The molecule has 0 aliphatic carbocycles. The van der Waals surface area contributed by atoms with Crippen LogP contribution in [0.5, 0.6) is 0 Å². The Kier molecular flexibility index (Phi) is 3.11. The number of fused-ring (bicyclic) bond motifs is 1. The van der Waals surface area contributed by atoms with E-state index >= 15 is 0 Å². The number of esters is 1. The molecule has 2 heterocycles. The minimum absolute atomic E-state index is 0.167. The number of nitrogens with zero attached hydrogens (tertiary/aromatic N) is 3. The molecular weight excluding hydrogens is 297 g/mol. The molecule has 7 heteroatoms. The van der Waals surface area contributed by atoms with E-state index in [1.807, 2.05) is 0 Å². The number of hydrogen-bond donors (Lipinski definition) is 0. The van der Waals surface area contributed by atoms with Crippen molar-refractivity contribution in [3.05, 3.63) is 27.6 Å². The van der Waals surface area contributed by atoms with E-state index < -0.39 is 5.97 Å². The van der Waals surface area contributed by atoms with Gasteiger partial charge >= 0.3 is 5.97 Å². The summed E-state index contributed by atoms with van der Waals surface area (Å²) < 4.78 is 6.94. The Morgan fingerprint density at radius 2 is 2.44 bits per heavy atom. The van der Waals surface area contributed by atoms with Crippen LogP contribution >= 0.6 is 27.5 Å². The second-order valence-electron chi connectivity index (χ2n) is 2.91. The van der Waals surface area contributed by atoms with Gasteiger partial charge in [-0.05, 0) is 22.9 Å². The summed E-state index contributed by atoms with van der Waals surface area (Å²) in [6.45, 7) is 2.02. The molecule has 0 spiro atoms. The zero-order chi connectivity index (χ0) is 11.7. The third-order valence-electron chi connectivity index (χ3n) is 1.87. The summed E-state index contributed by atoms with van der Waals surface area (Å²) in [6.07, 6.45) is 1.56. The van der Waals surface area contributed by atoms with Crippen LogP contribution in [-0.4, -0.2) is 27.2 Å². The Morgan fingerprint density at radius 1 is 1.69 bits per heavy atom. The third-order valence-corrected chi connectivity index (χ3v) is 2.70. The molecule has 84 valence electrons. The molecule has 0 radical (unpaired) electrons. The van der Waals surface area contributed by atoms with Crippen molar-refractivity contribution < 1.29 is 9.53 Å². The average Bonchev–Trinajstić information content (AvgIpc) is 2.61. The average molecular weight is 305 g/mol. The van der Waals surface area contributed by atoms with Gasteiger partial charge in [-0.2, -0.15) is 5.10 Å². The second-order valence-corrected chi connectivity index (χ2v) is 4.15. The molecule has 2 aromatic rings. The van der Waals surface area contributed by atoms with Crippen LogP contribution in [0.4, 0.5) is 0 Å². The molecule has 0 saturated heterocycles. The van der Waals surface area contributed by atoms with Crippen LogP contribution in [0, 0.1) is 0 Å². The fourth-order valence-corrected chi connectivity index (χ4v) is 1.78. The smallest absolute Gasteiger partial charge is 0.357 e. The van der Waals surface area contributed by atoms with Gasteiger partial charge in [0.05, 0.1) is 17.3 Å². The van der Waals surface area contributed by atoms with Crippen molar-refractivity contribution in [3.63, 3.8) is 0 Å². The SMILES string of the molecule is CCOC(=O)c1cc(Cl)n2ncc(Br)c2n1. The molecular formula is C9H7BrClN3O2. The number of carbonyl (C=O) groups excluding carboxylic acids is 1. The van der Waals surface area contributed by atoms with Gasteiger partial charge in [-0.1, -0.05) is 11.6 Å². The van der Waals surface area contributed by atoms with Crippen molar-refractivity contribution in [1.82, 2.24) is 14.6 Å². The van der Waals surface area contributed by atoms with Crippen LogP contribution in [0.25, 0.3) is 5.65 Å². The van der Waals surface area contributed by atoms with Gasteiger partial charge < -0.3 is 4.74 Å². The predicted molar refractivity (Wildman–Crippen MR) is 61.7 cm³/mol. The molecule has 0 aliphatic rings. The predicted octanol–water partition coefficient (Wildman–Crippen LogP) is 2.32. The highest BCUT2D eigenvalue weighted by Crippen LogP contribution is 2.20. The molecule has 5 nitrogen and oxygen atoms in total. The van der Waals surface area contributed by atoms with Crippen molar-refractivity contribution in [2.75, 3.05) is 6.61 Å². The third kappa shape index (κ3) is 1.90. The van der Waals surface area contributed by atoms with Crippen LogP contribution < -0.4 is 0 Å². The Balaban J connectivity index is 2.56. The Morgan fingerprint density at radius 3 is 3.12 bits per heavy atom. The van der Waals surface area contributed by atoms with Gasteiger partial charge in [0.1, 0.15) is 5.15 Å². The fraction of sp³-hybridized carbons (Fsp3) is 0.222. The summed E-state index contributed by atoms with van der Waals surface area (Å²) in [5.41, 5.74) is 0.649. The van der Waals surface area contributed by atoms with E-state index in [2.05, 4.69) is 26.0 Å². The van der Waals surface area contributed by atoms with Crippen LogP contribution in [0.15, 0.2) is 16.7 Å². The summed E-state index contributed by atoms with van der Waals surface area (Å²) in [7, 11) is 0. The summed E-state index contributed by atoms with van der Waals surface area (Å²) in [4.78, 5) is 15.6. The number of ether oxygens (including phenoxy) is 1. The van der Waals surface area contributed by atoms with Gasteiger partial charge in [0.25, 0.3) is 0 Å². The van der Waals surface area contributed by atoms with E-state index in [4.69, 9.17) is 16.3 Å². The van der Waals surface area contributed by atoms with Crippen LogP contribution in [0.2, 0.25) is 5.15 Å². The van der Waals surface area contributed by atoms with E-state index in [0.29, 0.717) is 21.9 Å². The van der Waals surface area contributed by atoms with Gasteiger partial charge in [0, 0.05) is 6.07 Å². The Hall–Kier alpha value is -1.14. The molecule has 0 N–H and O–H groups in total. The van der Waals surface area contributed by atoms with E-state index in [9.17, 15) is 4.79 Å². The summed E-state index contributed by atoms with van der Waals surface area (Å²) in [5.74, 6) is -0.500. The number of carbonyl (C=O) groups is 1. The highest BCUT2D eigenvalue weighted by atomic mass is 79.9. The molecule has 0 fully saturated rings. The first kappa shape index (κ1) is 11.3. The van der Waals surface area contributed by atoms with E-state index in [1.54, 1.807) is 13.1 Å². The van der Waals surface area contributed by atoms with Gasteiger partial charge in [-0.25, -0.2) is 14.3 Å². The van der Waals surface area contributed by atoms with Crippen LogP contribution in [0.3, 0.4) is 0 Å². The first-order valence-electron chi connectivity index (χ1n) is 4.50. The lowest BCUT2D eigenvalue weighted by Gasteiger charge is -2.03. The monoisotopic (exact) mass is 303 g/mol. The zero-order valence-electron chi connectivity index (χ0n) is 8.28. The molecule has 0 unspecified atom stereocenters. The Labute approximate surface area is 104 Å². The summed E-state index contributed by atoms with van der Waals surface area (Å²) >= 11 is 9.22. The summed E-state index contributed by atoms with van der Waals surface area (Å²) in [5, 5.41) is 4.29. The fourth-order valence-electron chi connectivity index (χ4n) is 1.21. The van der Waals surface area contributed by atoms with Gasteiger partial charge in [0.2, 0.25) is 0 Å². The standard InChI is InChI=1S/C9H7BrClN3O2/c1-2-16-9(15)6-3-7(11)14-8(13-6)5(10)4-12-14/h3-4H,2H2,1H3. The van der Waals surface area contributed by atoms with E-state index in [-0.39, 0.29) is 5.69 Å². The van der Waals surface area contributed by atoms with E-state index in [1.165, 1.54) is 10.6 Å². The molecule has 2 rings (SSSR count). The first-order valence-corrected chi connectivity index (χ1v) is 5.67. The topological polar surface area (TPSA) is 56.5 Å². The number of hydrogen-bond acceptors (Lipinski definition) is 4. The van der Waals surface area contributed by atoms with Crippen molar-refractivity contribution in [2.24, 2.45) is 0 Å². The van der Waals surface area contributed by atoms with Gasteiger partial charge in [-0.15, -0.1) is 0 Å². The molecule has 0 bridgehead atoms. The number of rotatable bonds is 2. The maximum atomic E-state index is 11.5. The van der Waals surface area contributed by atoms with Crippen molar-refractivity contribution >= 4 is 39.1 Å². The summed E-state index contributed by atoms with van der Waals surface area (Å²) in [6, 6.07) is 1.42. The highest BCUT2D eigenvalue weighted by Gasteiger charge is 2.14. The molecule has 16 heavy (non-hydrogen) atoms. The highest BCUT2D eigenvalue weighted by molar-refractivity contribution is 9.10. The minimum atomic E-state index is -0.500. The van der Waals surface area contributed by atoms with E-state index in [0.717, 1.165) is 0 Å². The van der Waals surface area contributed by atoms with Crippen LogP contribution in [0.1, 0.15) is 17.4 Å². The molecule has 0 aromatic carbocycles. The normalized spacial score (nSPS) is 10.7. The Bertz CT molecular complexity index is 555. The second kappa shape index (κ2) is 4.39. The quantitative estimate of drug-likeness (QED) is 0.631. The molecule has 0 amide bonds. The van der Waals surface area contributed by atoms with Gasteiger partial charge in [0.15, 0.2) is 11.3 Å². The molecule has 0 atom stereocenters. The minimum Gasteiger partial charge on any atom is -0.461 e. The maximum absolute atomic E-state index is 11.5. The van der Waals surface area contributed by atoms with Crippen molar-refractivity contribution in [3.8, 4) is 0 Å². The van der Waals surface area contributed by atoms with Crippen molar-refractivity contribution in [2.45, 2.75) is 6.92 Å².